The lowest BCUT2D eigenvalue weighted by atomic mass is 10.2. The van der Waals surface area contributed by atoms with Crippen LogP contribution < -0.4 is 0 Å². The minimum Gasteiger partial charge on any atom is -0.395 e. The van der Waals surface area contributed by atoms with E-state index in [1.807, 2.05) is 35.2 Å². The van der Waals surface area contributed by atoms with Crippen LogP contribution in [0.2, 0.25) is 0 Å². The molecule has 0 atom stereocenters. The van der Waals surface area contributed by atoms with Crippen LogP contribution in [0.4, 0.5) is 0 Å². The van der Waals surface area contributed by atoms with Gasteiger partial charge in [0.1, 0.15) is 12.1 Å². The molecule has 0 spiro atoms. The molecule has 0 unspecified atom stereocenters. The van der Waals surface area contributed by atoms with Crippen molar-refractivity contribution in [2.24, 2.45) is 0 Å². The lowest BCUT2D eigenvalue weighted by Gasteiger charge is -2.19. The SMILES string of the molecule is C=CCN(CCO)Cc1ccc(-n2ccnc2)nc1. The number of aliphatic hydroxyl groups excluding tert-OH is 1. The lowest BCUT2D eigenvalue weighted by molar-refractivity contribution is 0.203. The summed E-state index contributed by atoms with van der Waals surface area (Å²) in [6.07, 6.45) is 8.99. The van der Waals surface area contributed by atoms with Gasteiger partial charge in [-0.1, -0.05) is 12.1 Å². The van der Waals surface area contributed by atoms with E-state index < -0.39 is 0 Å². The van der Waals surface area contributed by atoms with Gasteiger partial charge in [-0.2, -0.15) is 0 Å². The molecule has 19 heavy (non-hydrogen) atoms. The molecule has 0 fully saturated rings. The zero-order chi connectivity index (χ0) is 13.5. The molecule has 0 amide bonds. The average Bonchev–Trinajstić information content (AvgIpc) is 2.94. The Morgan fingerprint density at radius 2 is 2.32 bits per heavy atom. The van der Waals surface area contributed by atoms with E-state index in [2.05, 4.69) is 21.4 Å². The van der Waals surface area contributed by atoms with Gasteiger partial charge in [0.15, 0.2) is 0 Å². The Morgan fingerprint density at radius 3 is 2.89 bits per heavy atom. The van der Waals surface area contributed by atoms with Gasteiger partial charge in [0.2, 0.25) is 0 Å². The van der Waals surface area contributed by atoms with Crippen LogP contribution >= 0.6 is 0 Å². The Hall–Kier alpha value is -1.98. The fraction of sp³-hybridized carbons (Fsp3) is 0.286. The number of nitrogens with zero attached hydrogens (tertiary/aromatic N) is 4. The molecule has 0 aromatic carbocycles. The number of imidazole rings is 1. The van der Waals surface area contributed by atoms with E-state index in [-0.39, 0.29) is 6.61 Å². The van der Waals surface area contributed by atoms with Crippen molar-refractivity contribution in [1.82, 2.24) is 19.4 Å². The summed E-state index contributed by atoms with van der Waals surface area (Å²) in [5, 5.41) is 9.01. The standard InChI is InChI=1S/C14H18N4O/c1-2-6-17(8-9-19)11-13-3-4-14(16-10-13)18-7-5-15-12-18/h2-5,7,10,12,19H,1,6,8-9,11H2. The second kappa shape index (κ2) is 6.82. The van der Waals surface area contributed by atoms with Crippen LogP contribution in [0, 0.1) is 0 Å². The molecule has 2 aromatic heterocycles. The highest BCUT2D eigenvalue weighted by Gasteiger charge is 2.04. The number of pyridine rings is 1. The van der Waals surface area contributed by atoms with Crippen LogP contribution in [-0.2, 0) is 6.54 Å². The van der Waals surface area contributed by atoms with Crippen molar-refractivity contribution in [1.29, 1.82) is 0 Å². The van der Waals surface area contributed by atoms with E-state index >= 15 is 0 Å². The van der Waals surface area contributed by atoms with Crippen molar-refractivity contribution in [2.75, 3.05) is 19.7 Å². The van der Waals surface area contributed by atoms with Crippen molar-refractivity contribution < 1.29 is 5.11 Å². The molecule has 0 aliphatic heterocycles. The molecule has 100 valence electrons. The molecule has 0 saturated carbocycles. The molecule has 0 bridgehead atoms. The monoisotopic (exact) mass is 258 g/mol. The first-order chi connectivity index (χ1) is 9.33. The van der Waals surface area contributed by atoms with Gasteiger partial charge >= 0.3 is 0 Å². The smallest absolute Gasteiger partial charge is 0.137 e. The fourth-order valence-corrected chi connectivity index (χ4v) is 1.87. The van der Waals surface area contributed by atoms with Crippen LogP contribution in [0.5, 0.6) is 0 Å². The van der Waals surface area contributed by atoms with Crippen molar-refractivity contribution in [2.45, 2.75) is 6.54 Å². The molecule has 0 saturated heterocycles. The Bertz CT molecular complexity index is 493. The Balaban J connectivity index is 2.03. The molecule has 1 N–H and O–H groups in total. The van der Waals surface area contributed by atoms with Gasteiger partial charge in [0.05, 0.1) is 6.61 Å². The maximum absolute atomic E-state index is 9.01. The highest BCUT2D eigenvalue weighted by Crippen LogP contribution is 2.08. The molecule has 2 heterocycles. The molecule has 0 aliphatic rings. The van der Waals surface area contributed by atoms with Crippen molar-refractivity contribution >= 4 is 0 Å². The van der Waals surface area contributed by atoms with Crippen molar-refractivity contribution in [3.63, 3.8) is 0 Å². The topological polar surface area (TPSA) is 54.2 Å². The first kappa shape index (κ1) is 13.5. The molecule has 2 rings (SSSR count). The van der Waals surface area contributed by atoms with Gasteiger partial charge < -0.3 is 5.11 Å². The highest BCUT2D eigenvalue weighted by atomic mass is 16.3. The molecule has 0 aliphatic carbocycles. The van der Waals surface area contributed by atoms with E-state index in [1.54, 1.807) is 12.5 Å². The minimum atomic E-state index is 0.147. The molecule has 2 aromatic rings. The van der Waals surface area contributed by atoms with Crippen LogP contribution in [0.25, 0.3) is 5.82 Å². The molecular formula is C14H18N4O. The van der Waals surface area contributed by atoms with Gasteiger partial charge in [0.25, 0.3) is 0 Å². The Labute approximate surface area is 112 Å². The second-order valence-corrected chi connectivity index (χ2v) is 4.24. The van der Waals surface area contributed by atoms with Crippen molar-refractivity contribution in [3.05, 3.63) is 55.3 Å². The normalized spacial score (nSPS) is 10.8. The van der Waals surface area contributed by atoms with Crippen LogP contribution in [0.3, 0.4) is 0 Å². The van der Waals surface area contributed by atoms with E-state index in [4.69, 9.17) is 5.11 Å². The Kier molecular flexibility index (Phi) is 4.83. The predicted molar refractivity (Wildman–Crippen MR) is 73.9 cm³/mol. The summed E-state index contributed by atoms with van der Waals surface area (Å²) in [4.78, 5) is 10.5. The zero-order valence-electron chi connectivity index (χ0n) is 10.8. The van der Waals surface area contributed by atoms with Crippen LogP contribution in [0.15, 0.2) is 49.7 Å². The lowest BCUT2D eigenvalue weighted by Crippen LogP contribution is -2.26. The van der Waals surface area contributed by atoms with Crippen LogP contribution in [-0.4, -0.2) is 44.2 Å². The summed E-state index contributed by atoms with van der Waals surface area (Å²) in [6, 6.07) is 4.00. The highest BCUT2D eigenvalue weighted by molar-refractivity contribution is 5.25. The van der Waals surface area contributed by atoms with Gasteiger partial charge in [-0.15, -0.1) is 6.58 Å². The molecule has 5 nitrogen and oxygen atoms in total. The first-order valence-electron chi connectivity index (χ1n) is 6.21. The maximum atomic E-state index is 9.01. The number of aromatic nitrogens is 3. The number of hydrogen-bond donors (Lipinski definition) is 1. The predicted octanol–water partition coefficient (Wildman–Crippen LogP) is 1.25. The van der Waals surface area contributed by atoms with Gasteiger partial charge in [-0.3, -0.25) is 9.47 Å². The third-order valence-corrected chi connectivity index (χ3v) is 2.79. The van der Waals surface area contributed by atoms with E-state index in [0.717, 1.165) is 24.5 Å². The van der Waals surface area contributed by atoms with Crippen LogP contribution in [0.1, 0.15) is 5.56 Å². The summed E-state index contributed by atoms with van der Waals surface area (Å²) in [6.45, 7) is 6.01. The maximum Gasteiger partial charge on any atom is 0.137 e. The Morgan fingerprint density at radius 1 is 1.42 bits per heavy atom. The van der Waals surface area contributed by atoms with Gasteiger partial charge in [0, 0.05) is 38.2 Å². The summed E-state index contributed by atoms with van der Waals surface area (Å²) >= 11 is 0. The summed E-state index contributed by atoms with van der Waals surface area (Å²) in [5.41, 5.74) is 1.11. The first-order valence-corrected chi connectivity index (χ1v) is 6.21. The number of aliphatic hydroxyl groups is 1. The largest absolute Gasteiger partial charge is 0.395 e. The summed E-state index contributed by atoms with van der Waals surface area (Å²) in [5.74, 6) is 0.846. The second-order valence-electron chi connectivity index (χ2n) is 4.24. The molecule has 0 radical (unpaired) electrons. The van der Waals surface area contributed by atoms with E-state index in [0.29, 0.717) is 6.54 Å². The van der Waals surface area contributed by atoms with E-state index in [1.165, 1.54) is 0 Å². The summed E-state index contributed by atoms with van der Waals surface area (Å²) < 4.78 is 1.86. The third kappa shape index (κ3) is 3.74. The average molecular weight is 258 g/mol. The van der Waals surface area contributed by atoms with Gasteiger partial charge in [-0.05, 0) is 11.6 Å². The van der Waals surface area contributed by atoms with Gasteiger partial charge in [-0.25, -0.2) is 9.97 Å². The zero-order valence-corrected chi connectivity index (χ0v) is 10.8. The molecular weight excluding hydrogens is 240 g/mol. The third-order valence-electron chi connectivity index (χ3n) is 2.79. The fourth-order valence-electron chi connectivity index (χ4n) is 1.87. The number of hydrogen-bond acceptors (Lipinski definition) is 4. The minimum absolute atomic E-state index is 0.147. The molecule has 5 heteroatoms. The summed E-state index contributed by atoms with van der Waals surface area (Å²) in [7, 11) is 0. The quantitative estimate of drug-likeness (QED) is 0.759. The van der Waals surface area contributed by atoms with Crippen molar-refractivity contribution in [3.8, 4) is 5.82 Å². The number of rotatable bonds is 7. The van der Waals surface area contributed by atoms with E-state index in [9.17, 15) is 0 Å².